The standard InChI is InChI=1S/C18H21BrN2O3/c1-5-21-12(3)9-15(13(21)4)18(23)24-10-17(22)20-16-7-6-14(19)8-11(16)2/h6-9H,5,10H2,1-4H3,(H,20,22). The molecule has 24 heavy (non-hydrogen) atoms. The summed E-state index contributed by atoms with van der Waals surface area (Å²) in [6.45, 7) is 8.20. The summed E-state index contributed by atoms with van der Waals surface area (Å²) in [5, 5.41) is 2.74. The average Bonchev–Trinajstić information content (AvgIpc) is 2.82. The van der Waals surface area contributed by atoms with Crippen molar-refractivity contribution < 1.29 is 14.3 Å². The molecule has 0 atom stereocenters. The van der Waals surface area contributed by atoms with Gasteiger partial charge < -0.3 is 14.6 Å². The number of aryl methyl sites for hydroxylation is 2. The van der Waals surface area contributed by atoms with Crippen molar-refractivity contribution in [2.75, 3.05) is 11.9 Å². The minimum Gasteiger partial charge on any atom is -0.452 e. The van der Waals surface area contributed by atoms with E-state index in [1.165, 1.54) is 0 Å². The van der Waals surface area contributed by atoms with Crippen LogP contribution in [-0.2, 0) is 16.1 Å². The van der Waals surface area contributed by atoms with E-state index in [9.17, 15) is 9.59 Å². The van der Waals surface area contributed by atoms with Gasteiger partial charge in [0, 0.05) is 28.1 Å². The molecule has 128 valence electrons. The molecule has 1 N–H and O–H groups in total. The second-order valence-electron chi connectivity index (χ2n) is 5.61. The Morgan fingerprint density at radius 2 is 1.92 bits per heavy atom. The normalized spacial score (nSPS) is 10.5. The summed E-state index contributed by atoms with van der Waals surface area (Å²) in [5.74, 6) is -0.844. The van der Waals surface area contributed by atoms with E-state index in [4.69, 9.17) is 4.74 Å². The molecule has 5 nitrogen and oxygen atoms in total. The summed E-state index contributed by atoms with van der Waals surface area (Å²) in [4.78, 5) is 24.2. The Bertz CT molecular complexity index is 781. The second-order valence-corrected chi connectivity index (χ2v) is 6.53. The number of amides is 1. The molecule has 1 aromatic heterocycles. The van der Waals surface area contributed by atoms with E-state index in [0.717, 1.165) is 28.0 Å². The van der Waals surface area contributed by atoms with E-state index in [1.54, 1.807) is 12.1 Å². The zero-order valence-corrected chi connectivity index (χ0v) is 15.9. The Labute approximate surface area is 150 Å². The lowest BCUT2D eigenvalue weighted by Crippen LogP contribution is -2.21. The Hall–Kier alpha value is -2.08. The zero-order chi connectivity index (χ0) is 17.9. The topological polar surface area (TPSA) is 60.3 Å². The third-order valence-electron chi connectivity index (χ3n) is 3.91. The van der Waals surface area contributed by atoms with Crippen LogP contribution in [0.4, 0.5) is 5.69 Å². The highest BCUT2D eigenvalue weighted by Gasteiger charge is 2.17. The summed E-state index contributed by atoms with van der Waals surface area (Å²) in [7, 11) is 0. The van der Waals surface area contributed by atoms with Crippen molar-refractivity contribution in [3.8, 4) is 0 Å². The molecule has 1 aromatic carbocycles. The first-order chi connectivity index (χ1) is 11.3. The number of benzene rings is 1. The highest BCUT2D eigenvalue weighted by atomic mass is 79.9. The SMILES string of the molecule is CCn1c(C)cc(C(=O)OCC(=O)Nc2ccc(Br)cc2C)c1C. The van der Waals surface area contributed by atoms with Crippen molar-refractivity contribution in [1.82, 2.24) is 4.57 Å². The number of halogens is 1. The monoisotopic (exact) mass is 392 g/mol. The smallest absolute Gasteiger partial charge is 0.340 e. The van der Waals surface area contributed by atoms with Crippen LogP contribution in [0.2, 0.25) is 0 Å². The molecule has 0 aliphatic heterocycles. The molecule has 1 amide bonds. The number of esters is 1. The van der Waals surface area contributed by atoms with Gasteiger partial charge in [-0.05, 0) is 57.5 Å². The first kappa shape index (κ1) is 18.3. The predicted molar refractivity (Wildman–Crippen MR) is 97.4 cm³/mol. The Balaban J connectivity index is 1.97. The number of hydrogen-bond acceptors (Lipinski definition) is 3. The fourth-order valence-corrected chi connectivity index (χ4v) is 3.13. The molecule has 0 spiro atoms. The molecule has 0 radical (unpaired) electrons. The van der Waals surface area contributed by atoms with Crippen molar-refractivity contribution in [2.45, 2.75) is 34.2 Å². The van der Waals surface area contributed by atoms with Crippen molar-refractivity contribution in [3.63, 3.8) is 0 Å². The van der Waals surface area contributed by atoms with Crippen LogP contribution in [0.25, 0.3) is 0 Å². The number of hydrogen-bond donors (Lipinski definition) is 1. The molecule has 0 fully saturated rings. The third-order valence-corrected chi connectivity index (χ3v) is 4.40. The number of rotatable bonds is 5. The summed E-state index contributed by atoms with van der Waals surface area (Å²) >= 11 is 3.37. The quantitative estimate of drug-likeness (QED) is 0.782. The molecule has 0 unspecified atom stereocenters. The van der Waals surface area contributed by atoms with E-state index in [-0.39, 0.29) is 12.5 Å². The third kappa shape index (κ3) is 4.06. The maximum Gasteiger partial charge on any atom is 0.340 e. The molecule has 0 saturated heterocycles. The molecule has 0 aliphatic carbocycles. The predicted octanol–water partition coefficient (Wildman–Crippen LogP) is 3.99. The summed E-state index contributed by atoms with van der Waals surface area (Å²) in [6.07, 6.45) is 0. The average molecular weight is 393 g/mol. The Morgan fingerprint density at radius 1 is 1.21 bits per heavy atom. The molecule has 0 bridgehead atoms. The van der Waals surface area contributed by atoms with Gasteiger partial charge in [0.2, 0.25) is 0 Å². The molecule has 1 heterocycles. The highest BCUT2D eigenvalue weighted by Crippen LogP contribution is 2.20. The summed E-state index contributed by atoms with van der Waals surface area (Å²) in [5.41, 5.74) is 3.97. The van der Waals surface area contributed by atoms with Gasteiger partial charge in [0.15, 0.2) is 6.61 Å². The fourth-order valence-electron chi connectivity index (χ4n) is 2.66. The summed E-state index contributed by atoms with van der Waals surface area (Å²) < 4.78 is 8.12. The molecule has 0 saturated carbocycles. The van der Waals surface area contributed by atoms with Gasteiger partial charge in [0.25, 0.3) is 5.91 Å². The lowest BCUT2D eigenvalue weighted by Gasteiger charge is -2.09. The van der Waals surface area contributed by atoms with Gasteiger partial charge in [-0.2, -0.15) is 0 Å². The van der Waals surface area contributed by atoms with Crippen molar-refractivity contribution in [3.05, 3.63) is 51.3 Å². The number of carbonyl (C=O) groups excluding carboxylic acids is 2. The van der Waals surface area contributed by atoms with Gasteiger partial charge in [-0.1, -0.05) is 15.9 Å². The maximum atomic E-state index is 12.2. The van der Waals surface area contributed by atoms with Crippen LogP contribution in [0.1, 0.15) is 34.2 Å². The maximum absolute atomic E-state index is 12.2. The second kappa shape index (κ2) is 7.66. The van der Waals surface area contributed by atoms with Crippen LogP contribution in [0.15, 0.2) is 28.7 Å². The molecule has 6 heteroatoms. The molecule has 0 aliphatic rings. The minimum atomic E-state index is -0.481. The van der Waals surface area contributed by atoms with Gasteiger partial charge >= 0.3 is 5.97 Å². The van der Waals surface area contributed by atoms with E-state index in [2.05, 4.69) is 21.2 Å². The number of nitrogens with one attached hydrogen (secondary N) is 1. The molecular weight excluding hydrogens is 372 g/mol. The van der Waals surface area contributed by atoms with E-state index in [1.807, 2.05) is 44.4 Å². The van der Waals surface area contributed by atoms with Crippen LogP contribution in [0.3, 0.4) is 0 Å². The van der Waals surface area contributed by atoms with Crippen LogP contribution in [0, 0.1) is 20.8 Å². The highest BCUT2D eigenvalue weighted by molar-refractivity contribution is 9.10. The molecule has 2 rings (SSSR count). The van der Waals surface area contributed by atoms with Crippen LogP contribution in [0.5, 0.6) is 0 Å². The van der Waals surface area contributed by atoms with Gasteiger partial charge in [0.05, 0.1) is 5.56 Å². The van der Waals surface area contributed by atoms with Gasteiger partial charge in [-0.25, -0.2) is 4.79 Å². The van der Waals surface area contributed by atoms with Crippen LogP contribution in [-0.4, -0.2) is 23.1 Å². The number of nitrogens with zero attached hydrogens (tertiary/aromatic N) is 1. The fraction of sp³-hybridized carbons (Fsp3) is 0.333. The van der Waals surface area contributed by atoms with E-state index < -0.39 is 5.97 Å². The lowest BCUT2D eigenvalue weighted by atomic mass is 10.2. The number of aromatic nitrogens is 1. The first-order valence-electron chi connectivity index (χ1n) is 7.73. The number of ether oxygens (including phenoxy) is 1. The van der Waals surface area contributed by atoms with Gasteiger partial charge in [-0.15, -0.1) is 0 Å². The zero-order valence-electron chi connectivity index (χ0n) is 14.3. The molecular formula is C18H21BrN2O3. The molecule has 2 aromatic rings. The Kier molecular flexibility index (Phi) is 5.83. The lowest BCUT2D eigenvalue weighted by molar-refractivity contribution is -0.119. The Morgan fingerprint density at radius 3 is 2.50 bits per heavy atom. The van der Waals surface area contributed by atoms with E-state index in [0.29, 0.717) is 11.3 Å². The van der Waals surface area contributed by atoms with Crippen LogP contribution >= 0.6 is 15.9 Å². The summed E-state index contributed by atoms with van der Waals surface area (Å²) in [6, 6.07) is 7.33. The van der Waals surface area contributed by atoms with Crippen LogP contribution < -0.4 is 5.32 Å². The van der Waals surface area contributed by atoms with Gasteiger partial charge in [0.1, 0.15) is 0 Å². The van der Waals surface area contributed by atoms with Crippen molar-refractivity contribution in [1.29, 1.82) is 0 Å². The van der Waals surface area contributed by atoms with Crippen molar-refractivity contribution in [2.24, 2.45) is 0 Å². The van der Waals surface area contributed by atoms with Gasteiger partial charge in [-0.3, -0.25) is 4.79 Å². The first-order valence-corrected chi connectivity index (χ1v) is 8.52. The number of anilines is 1. The number of carbonyl (C=O) groups is 2. The van der Waals surface area contributed by atoms with E-state index >= 15 is 0 Å². The minimum absolute atomic E-state index is 0.315. The largest absolute Gasteiger partial charge is 0.452 e. The van der Waals surface area contributed by atoms with Crippen molar-refractivity contribution >= 4 is 33.5 Å².